The third-order valence-corrected chi connectivity index (χ3v) is 3.29. The van der Waals surface area contributed by atoms with Gasteiger partial charge >= 0.3 is 0 Å². The normalized spacial score (nSPS) is 16.2. The van der Waals surface area contributed by atoms with Crippen LogP contribution in [0.5, 0.6) is 0 Å². The highest BCUT2D eigenvalue weighted by atomic mass is 15.5. The SMILES string of the molecule is C1=Nc2c(nnn2Cc2ccccc2)C2=NCCN12. The molecule has 0 fully saturated rings. The molecule has 0 amide bonds. The van der Waals surface area contributed by atoms with Crippen molar-refractivity contribution >= 4 is 18.0 Å². The molecule has 2 aliphatic rings. The number of benzene rings is 1. The molecular formula is C13H12N6. The minimum Gasteiger partial charge on any atom is -0.314 e. The zero-order valence-electron chi connectivity index (χ0n) is 10.3. The third kappa shape index (κ3) is 1.64. The number of fused-ring (bicyclic) bond motifs is 3. The van der Waals surface area contributed by atoms with E-state index >= 15 is 0 Å². The molecule has 0 N–H and O–H groups in total. The lowest BCUT2D eigenvalue weighted by Gasteiger charge is -2.17. The number of hydrogen-bond donors (Lipinski definition) is 0. The van der Waals surface area contributed by atoms with Gasteiger partial charge in [-0.05, 0) is 5.56 Å². The Bertz CT molecular complexity index is 670. The van der Waals surface area contributed by atoms with Crippen molar-refractivity contribution in [3.05, 3.63) is 41.6 Å². The van der Waals surface area contributed by atoms with Gasteiger partial charge in [0.2, 0.25) is 0 Å². The predicted molar refractivity (Wildman–Crippen MR) is 71.8 cm³/mol. The number of amidine groups is 1. The Morgan fingerprint density at radius 3 is 2.95 bits per heavy atom. The molecule has 0 saturated heterocycles. The number of hydrogen-bond acceptors (Lipinski definition) is 5. The summed E-state index contributed by atoms with van der Waals surface area (Å²) < 4.78 is 1.82. The van der Waals surface area contributed by atoms with Crippen LogP contribution in [0.4, 0.5) is 5.82 Å². The molecule has 0 radical (unpaired) electrons. The number of nitrogens with zero attached hydrogens (tertiary/aromatic N) is 6. The molecule has 0 atom stereocenters. The Morgan fingerprint density at radius 2 is 2.05 bits per heavy atom. The smallest absolute Gasteiger partial charge is 0.184 e. The quantitative estimate of drug-likeness (QED) is 0.803. The highest BCUT2D eigenvalue weighted by Crippen LogP contribution is 2.24. The van der Waals surface area contributed by atoms with Crippen molar-refractivity contribution in [2.75, 3.05) is 13.1 Å². The number of aliphatic imine (C=N–C) groups is 2. The van der Waals surface area contributed by atoms with Gasteiger partial charge in [0.25, 0.3) is 0 Å². The lowest BCUT2D eigenvalue weighted by Crippen LogP contribution is -2.29. The third-order valence-electron chi connectivity index (χ3n) is 3.29. The molecule has 2 aromatic rings. The summed E-state index contributed by atoms with van der Waals surface area (Å²) in [6, 6.07) is 10.2. The molecule has 0 unspecified atom stereocenters. The van der Waals surface area contributed by atoms with Crippen LogP contribution in [0.1, 0.15) is 11.3 Å². The van der Waals surface area contributed by atoms with Crippen molar-refractivity contribution in [2.45, 2.75) is 6.54 Å². The van der Waals surface area contributed by atoms with Crippen LogP contribution in [-0.2, 0) is 6.54 Å². The monoisotopic (exact) mass is 252 g/mol. The Morgan fingerprint density at radius 1 is 1.16 bits per heavy atom. The summed E-state index contributed by atoms with van der Waals surface area (Å²) in [6.45, 7) is 2.35. The zero-order chi connectivity index (χ0) is 12.7. The first kappa shape index (κ1) is 10.4. The van der Waals surface area contributed by atoms with Gasteiger partial charge in [0.05, 0.1) is 19.4 Å². The number of aromatic nitrogens is 3. The van der Waals surface area contributed by atoms with Gasteiger partial charge in [-0.1, -0.05) is 35.5 Å². The summed E-state index contributed by atoms with van der Waals surface area (Å²) in [4.78, 5) is 10.9. The molecule has 0 aliphatic carbocycles. The fourth-order valence-electron chi connectivity index (χ4n) is 2.35. The molecular weight excluding hydrogens is 240 g/mol. The van der Waals surface area contributed by atoms with Gasteiger partial charge in [-0.2, -0.15) is 0 Å². The maximum atomic E-state index is 4.45. The summed E-state index contributed by atoms with van der Waals surface area (Å²) in [5.41, 5.74) is 1.97. The number of rotatable bonds is 2. The average molecular weight is 252 g/mol. The lowest BCUT2D eigenvalue weighted by atomic mass is 10.2. The first-order valence-corrected chi connectivity index (χ1v) is 6.25. The van der Waals surface area contributed by atoms with E-state index in [1.54, 1.807) is 0 Å². The molecule has 0 saturated carbocycles. The molecule has 0 spiro atoms. The zero-order valence-corrected chi connectivity index (χ0v) is 10.3. The van der Waals surface area contributed by atoms with E-state index in [0.717, 1.165) is 30.4 Å². The van der Waals surface area contributed by atoms with E-state index in [2.05, 4.69) is 32.4 Å². The van der Waals surface area contributed by atoms with Crippen molar-refractivity contribution < 1.29 is 0 Å². The van der Waals surface area contributed by atoms with Gasteiger partial charge in [-0.15, -0.1) is 5.10 Å². The van der Waals surface area contributed by atoms with Gasteiger partial charge in [0.15, 0.2) is 17.3 Å². The van der Waals surface area contributed by atoms with E-state index < -0.39 is 0 Å². The van der Waals surface area contributed by atoms with Gasteiger partial charge < -0.3 is 4.90 Å². The standard InChI is InChI=1S/C13H12N6/c1-2-4-10(5-3-1)8-19-13-11(16-17-19)12-14-6-7-18(12)9-15-13/h1-5,9H,6-8H2. The minimum absolute atomic E-state index is 0.674. The van der Waals surface area contributed by atoms with Crippen LogP contribution in [0.2, 0.25) is 0 Å². The van der Waals surface area contributed by atoms with Gasteiger partial charge in [0.1, 0.15) is 0 Å². The molecule has 3 heterocycles. The fourth-order valence-corrected chi connectivity index (χ4v) is 2.35. The van der Waals surface area contributed by atoms with Gasteiger partial charge in [-0.25, -0.2) is 9.67 Å². The fraction of sp³-hybridized carbons (Fsp3) is 0.231. The molecule has 1 aromatic carbocycles. The largest absolute Gasteiger partial charge is 0.314 e. The Kier molecular flexibility index (Phi) is 2.20. The van der Waals surface area contributed by atoms with Crippen LogP contribution in [0.15, 0.2) is 40.3 Å². The molecule has 94 valence electrons. The Hall–Kier alpha value is -2.50. The molecule has 6 nitrogen and oxygen atoms in total. The van der Waals surface area contributed by atoms with E-state index in [9.17, 15) is 0 Å². The van der Waals surface area contributed by atoms with Crippen LogP contribution in [0, 0.1) is 0 Å². The summed E-state index contributed by atoms with van der Waals surface area (Å²) in [5.74, 6) is 1.69. The van der Waals surface area contributed by atoms with Crippen LogP contribution in [0.3, 0.4) is 0 Å². The van der Waals surface area contributed by atoms with Crippen LogP contribution in [-0.4, -0.2) is 45.2 Å². The summed E-state index contributed by atoms with van der Waals surface area (Å²) in [5, 5.41) is 8.42. The second-order valence-corrected chi connectivity index (χ2v) is 4.55. The summed E-state index contributed by atoms with van der Waals surface area (Å²) in [7, 11) is 0. The van der Waals surface area contributed by atoms with E-state index in [0.29, 0.717) is 6.54 Å². The van der Waals surface area contributed by atoms with Crippen LogP contribution >= 0.6 is 0 Å². The molecule has 2 aliphatic heterocycles. The van der Waals surface area contributed by atoms with E-state index in [1.165, 1.54) is 5.56 Å². The van der Waals surface area contributed by atoms with Crippen LogP contribution in [0.25, 0.3) is 0 Å². The van der Waals surface area contributed by atoms with Crippen molar-refractivity contribution in [2.24, 2.45) is 9.98 Å². The van der Waals surface area contributed by atoms with Crippen LogP contribution < -0.4 is 0 Å². The van der Waals surface area contributed by atoms with E-state index in [4.69, 9.17) is 0 Å². The maximum Gasteiger partial charge on any atom is 0.184 e. The first-order chi connectivity index (χ1) is 9.42. The maximum absolute atomic E-state index is 4.45. The average Bonchev–Trinajstić information content (AvgIpc) is 3.06. The van der Waals surface area contributed by atoms with Crippen molar-refractivity contribution in [1.82, 2.24) is 19.9 Å². The molecule has 4 rings (SSSR count). The Balaban J connectivity index is 1.72. The Labute approximate surface area is 110 Å². The second kappa shape index (κ2) is 4.01. The minimum atomic E-state index is 0.674. The molecule has 1 aromatic heterocycles. The van der Waals surface area contributed by atoms with Gasteiger partial charge in [-0.3, -0.25) is 4.99 Å². The summed E-state index contributed by atoms with van der Waals surface area (Å²) >= 11 is 0. The topological polar surface area (TPSA) is 58.7 Å². The molecule has 19 heavy (non-hydrogen) atoms. The summed E-state index contributed by atoms with van der Waals surface area (Å²) in [6.07, 6.45) is 1.82. The highest BCUT2D eigenvalue weighted by molar-refractivity contribution is 6.09. The van der Waals surface area contributed by atoms with Crippen molar-refractivity contribution in [3.8, 4) is 0 Å². The van der Waals surface area contributed by atoms with Crippen molar-refractivity contribution in [1.29, 1.82) is 0 Å². The molecule has 0 bridgehead atoms. The highest BCUT2D eigenvalue weighted by Gasteiger charge is 2.28. The lowest BCUT2D eigenvalue weighted by molar-refractivity contribution is 0.651. The predicted octanol–water partition coefficient (Wildman–Crippen LogP) is 1.06. The first-order valence-electron chi connectivity index (χ1n) is 6.25. The van der Waals surface area contributed by atoms with Gasteiger partial charge in [0, 0.05) is 6.54 Å². The second-order valence-electron chi connectivity index (χ2n) is 4.55. The molecule has 6 heteroatoms. The van der Waals surface area contributed by atoms with Crippen molar-refractivity contribution in [3.63, 3.8) is 0 Å². The van der Waals surface area contributed by atoms with E-state index in [-0.39, 0.29) is 0 Å². The van der Waals surface area contributed by atoms with E-state index in [1.807, 2.05) is 34.1 Å².